The third-order valence-corrected chi connectivity index (χ3v) is 2.22. The molecule has 0 saturated heterocycles. The highest BCUT2D eigenvalue weighted by Crippen LogP contribution is 2.28. The van der Waals surface area contributed by atoms with E-state index >= 15 is 0 Å². The number of hydrogen-bond donors (Lipinski definition) is 1. The Labute approximate surface area is 92.5 Å². The predicted octanol–water partition coefficient (Wildman–Crippen LogP) is 3.50. The Bertz CT molecular complexity index is 382. The van der Waals surface area contributed by atoms with E-state index in [-0.39, 0.29) is 0 Å². The van der Waals surface area contributed by atoms with Gasteiger partial charge in [-0.05, 0) is 12.1 Å². The molecule has 2 N–H and O–H groups in total. The van der Waals surface area contributed by atoms with Gasteiger partial charge >= 0.3 is 0 Å². The number of benzene rings is 1. The van der Waals surface area contributed by atoms with E-state index < -0.39 is 0 Å². The van der Waals surface area contributed by atoms with Crippen LogP contribution < -0.4 is 5.73 Å². The molecule has 0 saturated carbocycles. The number of nitriles is 1. The lowest BCUT2D eigenvalue weighted by molar-refractivity contribution is 1.36. The lowest BCUT2D eigenvalue weighted by atomic mass is 10.2. The van der Waals surface area contributed by atoms with Gasteiger partial charge in [0, 0.05) is 11.3 Å². The molecule has 2 nitrogen and oxygen atoms in total. The van der Waals surface area contributed by atoms with Crippen molar-refractivity contribution in [3.8, 4) is 6.07 Å². The van der Waals surface area contributed by atoms with Gasteiger partial charge in [0.1, 0.15) is 0 Å². The highest BCUT2D eigenvalue weighted by Gasteiger charge is 2.03. The zero-order chi connectivity index (χ0) is 10.6. The molecule has 0 heterocycles. The number of rotatable bonds is 2. The van der Waals surface area contributed by atoms with Gasteiger partial charge < -0.3 is 5.73 Å². The van der Waals surface area contributed by atoms with Crippen LogP contribution in [0, 0.1) is 11.3 Å². The van der Waals surface area contributed by atoms with Gasteiger partial charge in [-0.2, -0.15) is 5.26 Å². The maximum Gasteiger partial charge on any atom is 0.0663 e. The number of hydrogen-bond acceptors (Lipinski definition) is 2. The fraction of sp³-hybridized carbons (Fsp3) is 0.100. The molecule has 1 aromatic rings. The minimum absolute atomic E-state index is 0.330. The minimum atomic E-state index is 0.330. The van der Waals surface area contributed by atoms with Crippen LogP contribution in [0.25, 0.3) is 6.08 Å². The Balaban J connectivity index is 3.04. The summed E-state index contributed by atoms with van der Waals surface area (Å²) >= 11 is 11.8. The van der Waals surface area contributed by atoms with Crippen LogP contribution in [0.4, 0.5) is 5.69 Å². The highest BCUT2D eigenvalue weighted by atomic mass is 35.5. The second-order valence-corrected chi connectivity index (χ2v) is 3.48. The molecule has 0 aromatic heterocycles. The quantitative estimate of drug-likeness (QED) is 0.786. The summed E-state index contributed by atoms with van der Waals surface area (Å²) in [6.07, 6.45) is 3.74. The number of nitrogen functional groups attached to an aromatic ring is 1. The second kappa shape index (κ2) is 4.90. The molecule has 72 valence electrons. The molecule has 14 heavy (non-hydrogen) atoms. The largest absolute Gasteiger partial charge is 0.399 e. The van der Waals surface area contributed by atoms with E-state index in [0.717, 1.165) is 0 Å². The molecular weight excluding hydrogens is 219 g/mol. The molecule has 0 bridgehead atoms. The van der Waals surface area contributed by atoms with Crippen LogP contribution in [-0.4, -0.2) is 0 Å². The zero-order valence-electron chi connectivity index (χ0n) is 7.30. The van der Waals surface area contributed by atoms with Crippen molar-refractivity contribution < 1.29 is 0 Å². The van der Waals surface area contributed by atoms with E-state index in [0.29, 0.717) is 27.7 Å². The van der Waals surface area contributed by atoms with Crippen LogP contribution in [0.2, 0.25) is 10.0 Å². The zero-order valence-corrected chi connectivity index (χ0v) is 8.81. The molecule has 0 aliphatic carbocycles. The molecule has 0 aliphatic rings. The van der Waals surface area contributed by atoms with E-state index in [1.807, 2.05) is 6.07 Å². The standard InChI is InChI=1S/C10H8Cl2N2/c11-9-5-7(14)6-10(12)8(9)3-1-2-4-13/h1,3,5-6H,2,14H2. The summed E-state index contributed by atoms with van der Waals surface area (Å²) in [6, 6.07) is 5.24. The van der Waals surface area contributed by atoms with Gasteiger partial charge in [0.2, 0.25) is 0 Å². The molecule has 0 unspecified atom stereocenters. The molecule has 4 heteroatoms. The molecule has 0 atom stereocenters. The van der Waals surface area contributed by atoms with E-state index in [1.165, 1.54) is 0 Å². The molecule has 1 aromatic carbocycles. The Morgan fingerprint density at radius 2 is 1.93 bits per heavy atom. The summed E-state index contributed by atoms with van der Waals surface area (Å²) in [5.74, 6) is 0. The average Bonchev–Trinajstić information content (AvgIpc) is 2.09. The van der Waals surface area contributed by atoms with Crippen molar-refractivity contribution in [3.05, 3.63) is 33.8 Å². The lowest BCUT2D eigenvalue weighted by Gasteiger charge is -2.02. The van der Waals surface area contributed by atoms with Crippen molar-refractivity contribution in [2.75, 3.05) is 5.73 Å². The van der Waals surface area contributed by atoms with Crippen molar-refractivity contribution in [2.24, 2.45) is 0 Å². The monoisotopic (exact) mass is 226 g/mol. The second-order valence-electron chi connectivity index (χ2n) is 2.66. The number of halogens is 2. The van der Waals surface area contributed by atoms with Crippen molar-refractivity contribution in [1.29, 1.82) is 5.26 Å². The van der Waals surface area contributed by atoms with Crippen LogP contribution in [0.1, 0.15) is 12.0 Å². The van der Waals surface area contributed by atoms with Crippen LogP contribution in [0.15, 0.2) is 18.2 Å². The predicted molar refractivity (Wildman–Crippen MR) is 60.1 cm³/mol. The third kappa shape index (κ3) is 2.66. The van der Waals surface area contributed by atoms with Gasteiger partial charge in [0.25, 0.3) is 0 Å². The van der Waals surface area contributed by atoms with E-state index in [9.17, 15) is 0 Å². The van der Waals surface area contributed by atoms with Gasteiger partial charge in [0.15, 0.2) is 0 Å². The molecule has 0 radical (unpaired) electrons. The first-order chi connectivity index (χ1) is 6.65. The SMILES string of the molecule is N#CCC=Cc1c(Cl)cc(N)cc1Cl. The molecule has 0 aliphatic heterocycles. The summed E-state index contributed by atoms with van der Waals surface area (Å²) in [5, 5.41) is 9.32. The maximum absolute atomic E-state index is 8.34. The summed E-state index contributed by atoms with van der Waals surface area (Å²) < 4.78 is 0. The number of nitrogens with zero attached hydrogens (tertiary/aromatic N) is 1. The van der Waals surface area contributed by atoms with Gasteiger partial charge in [-0.25, -0.2) is 0 Å². The molecule has 1 rings (SSSR count). The number of nitrogens with two attached hydrogens (primary N) is 1. The average molecular weight is 227 g/mol. The number of anilines is 1. The Kier molecular flexibility index (Phi) is 3.82. The fourth-order valence-electron chi connectivity index (χ4n) is 0.993. The normalized spacial score (nSPS) is 10.4. The van der Waals surface area contributed by atoms with Crippen LogP contribution >= 0.6 is 23.2 Å². The van der Waals surface area contributed by atoms with Gasteiger partial charge in [-0.15, -0.1) is 0 Å². The Morgan fingerprint density at radius 3 is 2.43 bits per heavy atom. The first-order valence-corrected chi connectivity index (χ1v) is 4.68. The van der Waals surface area contributed by atoms with E-state index in [1.54, 1.807) is 24.3 Å². The fourth-order valence-corrected chi connectivity index (χ4v) is 1.62. The number of allylic oxidation sites excluding steroid dienone is 1. The summed E-state index contributed by atoms with van der Waals surface area (Å²) in [7, 11) is 0. The van der Waals surface area contributed by atoms with E-state index in [4.69, 9.17) is 34.2 Å². The topological polar surface area (TPSA) is 49.8 Å². The highest BCUT2D eigenvalue weighted by molar-refractivity contribution is 6.37. The molecular formula is C10H8Cl2N2. The van der Waals surface area contributed by atoms with Gasteiger partial charge in [0.05, 0.1) is 22.5 Å². The lowest BCUT2D eigenvalue weighted by Crippen LogP contribution is -1.86. The van der Waals surface area contributed by atoms with Crippen molar-refractivity contribution in [1.82, 2.24) is 0 Å². The van der Waals surface area contributed by atoms with E-state index in [2.05, 4.69) is 0 Å². The van der Waals surface area contributed by atoms with Crippen molar-refractivity contribution >= 4 is 35.0 Å². The first kappa shape index (κ1) is 10.9. The molecule has 0 amide bonds. The summed E-state index contributed by atoms with van der Waals surface area (Å²) in [4.78, 5) is 0. The van der Waals surface area contributed by atoms with Crippen LogP contribution in [0.5, 0.6) is 0 Å². The Hall–Kier alpha value is -1.17. The van der Waals surface area contributed by atoms with Crippen molar-refractivity contribution in [3.63, 3.8) is 0 Å². The molecule has 0 fully saturated rings. The minimum Gasteiger partial charge on any atom is -0.399 e. The summed E-state index contributed by atoms with van der Waals surface area (Å²) in [5.41, 5.74) is 6.76. The first-order valence-electron chi connectivity index (χ1n) is 3.93. The Morgan fingerprint density at radius 1 is 1.36 bits per heavy atom. The van der Waals surface area contributed by atoms with Gasteiger partial charge in [-0.3, -0.25) is 0 Å². The van der Waals surface area contributed by atoms with Crippen molar-refractivity contribution in [2.45, 2.75) is 6.42 Å². The molecule has 0 spiro atoms. The van der Waals surface area contributed by atoms with Crippen LogP contribution in [-0.2, 0) is 0 Å². The maximum atomic E-state index is 8.34. The smallest absolute Gasteiger partial charge is 0.0663 e. The van der Waals surface area contributed by atoms with Crippen LogP contribution in [0.3, 0.4) is 0 Å². The van der Waals surface area contributed by atoms with Gasteiger partial charge in [-0.1, -0.05) is 35.4 Å². The summed E-state index contributed by atoms with van der Waals surface area (Å²) in [6.45, 7) is 0. The third-order valence-electron chi connectivity index (χ3n) is 1.60.